The van der Waals surface area contributed by atoms with Crippen LogP contribution in [0.3, 0.4) is 0 Å². The Balaban J connectivity index is 1.46. The van der Waals surface area contributed by atoms with Crippen molar-refractivity contribution >= 4 is 15.9 Å². The highest BCUT2D eigenvalue weighted by Crippen LogP contribution is 2.35. The molecule has 1 aliphatic heterocycles. The number of benzene rings is 1. The zero-order chi connectivity index (χ0) is 17.7. The maximum absolute atomic E-state index is 12.6. The van der Waals surface area contributed by atoms with E-state index in [9.17, 15) is 13.2 Å². The summed E-state index contributed by atoms with van der Waals surface area (Å²) < 4.78 is 26.9. The van der Waals surface area contributed by atoms with Gasteiger partial charge in [0.15, 0.2) is 0 Å². The lowest BCUT2D eigenvalue weighted by molar-refractivity contribution is -0.137. The highest BCUT2D eigenvalue weighted by molar-refractivity contribution is 7.89. The number of nitrogens with one attached hydrogen (secondary N) is 1. The van der Waals surface area contributed by atoms with E-state index in [1.165, 1.54) is 25.7 Å². The van der Waals surface area contributed by atoms with Crippen LogP contribution < -0.4 is 4.72 Å². The van der Waals surface area contributed by atoms with Crippen molar-refractivity contribution in [1.29, 1.82) is 0 Å². The molecule has 2 aliphatic rings. The largest absolute Gasteiger partial charge is 0.339 e. The zero-order valence-corrected chi connectivity index (χ0v) is 15.5. The maximum Gasteiger partial charge on any atom is 0.240 e. The van der Waals surface area contributed by atoms with Gasteiger partial charge < -0.3 is 4.90 Å². The molecule has 1 saturated heterocycles. The Kier molecular flexibility index (Phi) is 6.12. The number of hydrogen-bond acceptors (Lipinski definition) is 3. The quantitative estimate of drug-likeness (QED) is 0.789. The standard InChI is InChI=1S/C19H28N2O3S/c22-19(21-15-7-9-16-8-4-5-12-18(16)21)13-6-14-20-25(23,24)17-10-2-1-3-11-17/h1-3,10-11,16,18,20H,4-9,12-15H2. The second-order valence-corrected chi connectivity index (χ2v) is 8.92. The van der Waals surface area contributed by atoms with E-state index in [0.29, 0.717) is 31.3 Å². The topological polar surface area (TPSA) is 66.5 Å². The number of piperidine rings is 1. The van der Waals surface area contributed by atoms with Crippen LogP contribution in [0.2, 0.25) is 0 Å². The van der Waals surface area contributed by atoms with Crippen molar-refractivity contribution in [2.24, 2.45) is 5.92 Å². The lowest BCUT2D eigenvalue weighted by Crippen LogP contribution is -2.49. The van der Waals surface area contributed by atoms with Gasteiger partial charge in [0.05, 0.1) is 4.90 Å². The normalized spacial score (nSPS) is 23.9. The summed E-state index contributed by atoms with van der Waals surface area (Å²) in [6.45, 7) is 1.17. The van der Waals surface area contributed by atoms with Crippen molar-refractivity contribution < 1.29 is 13.2 Å². The highest BCUT2D eigenvalue weighted by atomic mass is 32.2. The van der Waals surface area contributed by atoms with E-state index in [0.717, 1.165) is 19.4 Å². The first-order valence-corrected chi connectivity index (χ1v) is 10.9. The van der Waals surface area contributed by atoms with E-state index in [-0.39, 0.29) is 10.8 Å². The van der Waals surface area contributed by atoms with Gasteiger partial charge in [0.1, 0.15) is 0 Å². The first-order valence-electron chi connectivity index (χ1n) is 9.42. The van der Waals surface area contributed by atoms with Gasteiger partial charge in [-0.25, -0.2) is 13.1 Å². The number of fused-ring (bicyclic) bond motifs is 1. The molecule has 1 heterocycles. The van der Waals surface area contributed by atoms with E-state index in [1.54, 1.807) is 30.3 Å². The number of nitrogens with zero attached hydrogens (tertiary/aromatic N) is 1. The first kappa shape index (κ1) is 18.4. The third kappa shape index (κ3) is 4.61. The fourth-order valence-corrected chi connectivity index (χ4v) is 5.30. The van der Waals surface area contributed by atoms with Crippen molar-refractivity contribution in [2.75, 3.05) is 13.1 Å². The molecule has 3 rings (SSSR count). The second kappa shape index (κ2) is 8.32. The predicted molar refractivity (Wildman–Crippen MR) is 97.6 cm³/mol. The summed E-state index contributed by atoms with van der Waals surface area (Å²) in [6.07, 6.45) is 8.23. The molecule has 0 spiro atoms. The third-order valence-corrected chi connectivity index (χ3v) is 6.95. The number of hydrogen-bond donors (Lipinski definition) is 1. The minimum Gasteiger partial charge on any atom is -0.339 e. The number of likely N-dealkylation sites (tertiary alicyclic amines) is 1. The molecule has 2 unspecified atom stereocenters. The van der Waals surface area contributed by atoms with Gasteiger partial charge in [0.25, 0.3) is 0 Å². The fourth-order valence-electron chi connectivity index (χ4n) is 4.21. The van der Waals surface area contributed by atoms with Crippen LogP contribution in [0.4, 0.5) is 0 Å². The van der Waals surface area contributed by atoms with Crippen molar-refractivity contribution in [3.8, 4) is 0 Å². The van der Waals surface area contributed by atoms with E-state index in [2.05, 4.69) is 9.62 Å². The first-order chi connectivity index (χ1) is 12.1. The summed E-state index contributed by atoms with van der Waals surface area (Å²) >= 11 is 0. The minimum atomic E-state index is -3.48. The SMILES string of the molecule is O=C(CCCNS(=O)(=O)c1ccccc1)N1CCCC2CCCCC21. The third-order valence-electron chi connectivity index (χ3n) is 5.48. The molecule has 2 atom stereocenters. The Hall–Kier alpha value is -1.40. The van der Waals surface area contributed by atoms with Gasteiger partial charge >= 0.3 is 0 Å². The molecule has 6 heteroatoms. The Morgan fingerprint density at radius 2 is 1.80 bits per heavy atom. The van der Waals surface area contributed by atoms with E-state index < -0.39 is 10.0 Å². The minimum absolute atomic E-state index is 0.190. The van der Waals surface area contributed by atoms with Crippen LogP contribution in [0.1, 0.15) is 51.4 Å². The smallest absolute Gasteiger partial charge is 0.240 e. The molecule has 1 saturated carbocycles. The van der Waals surface area contributed by atoms with Crippen LogP contribution in [0, 0.1) is 5.92 Å². The summed E-state index contributed by atoms with van der Waals surface area (Å²) in [6, 6.07) is 8.77. The summed E-state index contributed by atoms with van der Waals surface area (Å²) in [5.41, 5.74) is 0. The van der Waals surface area contributed by atoms with Gasteiger partial charge in [-0.3, -0.25) is 4.79 Å². The van der Waals surface area contributed by atoms with E-state index >= 15 is 0 Å². The lowest BCUT2D eigenvalue weighted by atomic mass is 9.78. The predicted octanol–water partition coefficient (Wildman–Crippen LogP) is 2.93. The second-order valence-electron chi connectivity index (χ2n) is 7.16. The average molecular weight is 365 g/mol. The zero-order valence-electron chi connectivity index (χ0n) is 14.7. The van der Waals surface area contributed by atoms with Crippen LogP contribution in [0.15, 0.2) is 35.2 Å². The summed E-state index contributed by atoms with van der Waals surface area (Å²) in [4.78, 5) is 14.9. The molecular weight excluding hydrogens is 336 g/mol. The highest BCUT2D eigenvalue weighted by Gasteiger charge is 2.35. The summed E-state index contributed by atoms with van der Waals surface area (Å²) in [7, 11) is -3.48. The summed E-state index contributed by atoms with van der Waals surface area (Å²) in [5.74, 6) is 0.874. The van der Waals surface area contributed by atoms with Gasteiger partial charge in [0.2, 0.25) is 15.9 Å². The molecule has 1 aromatic carbocycles. The number of carbonyl (C=O) groups is 1. The monoisotopic (exact) mass is 364 g/mol. The molecule has 1 amide bonds. The molecule has 1 N–H and O–H groups in total. The van der Waals surface area contributed by atoms with Gasteiger partial charge in [-0.15, -0.1) is 0 Å². The molecule has 2 fully saturated rings. The van der Waals surface area contributed by atoms with Gasteiger partial charge in [-0.05, 0) is 50.2 Å². The van der Waals surface area contributed by atoms with Crippen LogP contribution in [-0.4, -0.2) is 38.4 Å². The van der Waals surface area contributed by atoms with Crippen molar-refractivity contribution in [2.45, 2.75) is 62.3 Å². The molecule has 5 nitrogen and oxygen atoms in total. The van der Waals surface area contributed by atoms with Gasteiger partial charge in [-0.2, -0.15) is 0 Å². The number of carbonyl (C=O) groups excluding carboxylic acids is 1. The Morgan fingerprint density at radius 1 is 1.08 bits per heavy atom. The van der Waals surface area contributed by atoms with Crippen LogP contribution in [-0.2, 0) is 14.8 Å². The molecule has 1 aliphatic carbocycles. The van der Waals surface area contributed by atoms with Gasteiger partial charge in [-0.1, -0.05) is 31.0 Å². The van der Waals surface area contributed by atoms with Crippen LogP contribution in [0.5, 0.6) is 0 Å². The molecular formula is C19H28N2O3S. The molecule has 1 aromatic rings. The number of amides is 1. The van der Waals surface area contributed by atoms with Crippen LogP contribution >= 0.6 is 0 Å². The van der Waals surface area contributed by atoms with E-state index in [1.807, 2.05) is 0 Å². The number of rotatable bonds is 6. The fraction of sp³-hybridized carbons (Fsp3) is 0.632. The number of sulfonamides is 1. The molecule has 25 heavy (non-hydrogen) atoms. The Morgan fingerprint density at radius 3 is 2.60 bits per heavy atom. The molecule has 0 aromatic heterocycles. The molecule has 138 valence electrons. The van der Waals surface area contributed by atoms with Gasteiger partial charge in [0, 0.05) is 25.6 Å². The average Bonchev–Trinajstić information content (AvgIpc) is 2.65. The maximum atomic E-state index is 12.6. The van der Waals surface area contributed by atoms with Crippen molar-refractivity contribution in [1.82, 2.24) is 9.62 Å². The van der Waals surface area contributed by atoms with Crippen molar-refractivity contribution in [3.05, 3.63) is 30.3 Å². The Bertz CT molecular complexity index is 673. The van der Waals surface area contributed by atoms with Crippen LogP contribution in [0.25, 0.3) is 0 Å². The summed E-state index contributed by atoms with van der Waals surface area (Å²) in [5, 5.41) is 0. The molecule has 0 radical (unpaired) electrons. The Labute approximate surface area is 150 Å². The molecule has 0 bridgehead atoms. The van der Waals surface area contributed by atoms with E-state index in [4.69, 9.17) is 0 Å². The lowest BCUT2D eigenvalue weighted by Gasteiger charge is -2.44. The van der Waals surface area contributed by atoms with Crippen molar-refractivity contribution in [3.63, 3.8) is 0 Å².